The first-order valence-electron chi connectivity index (χ1n) is 12.0. The second-order valence-electron chi connectivity index (χ2n) is 8.69. The van der Waals surface area contributed by atoms with E-state index in [-0.39, 0.29) is 12.1 Å². The van der Waals surface area contributed by atoms with Crippen molar-refractivity contribution in [1.29, 1.82) is 5.26 Å². The predicted molar refractivity (Wildman–Crippen MR) is 149 cm³/mol. The fourth-order valence-corrected chi connectivity index (χ4v) is 4.71. The standard InChI is InChI=1S/C29H25ClN6O/c30-23-13-15-24(16-14-23)33-29(37)36-18-17-35(19-27(36)22-8-2-1-3-9-22)28(32-20-31)34-26-12-6-10-21-7-4-5-11-25(21)26/h1-16,27H,17-19H2,(H,32,34)(H,33,37). The summed E-state index contributed by atoms with van der Waals surface area (Å²) in [6.45, 7) is 1.42. The van der Waals surface area contributed by atoms with E-state index < -0.39 is 0 Å². The number of aliphatic imine (C=N–C) groups is 1. The molecule has 0 aliphatic carbocycles. The van der Waals surface area contributed by atoms with Crippen molar-refractivity contribution in [3.05, 3.63) is 108 Å². The number of fused-ring (bicyclic) bond motifs is 1. The maximum absolute atomic E-state index is 13.3. The molecule has 1 atom stereocenters. The van der Waals surface area contributed by atoms with Gasteiger partial charge < -0.3 is 20.4 Å². The highest BCUT2D eigenvalue weighted by Gasteiger charge is 2.33. The van der Waals surface area contributed by atoms with Gasteiger partial charge in [0, 0.05) is 41.4 Å². The number of nitrogens with one attached hydrogen (secondary N) is 2. The highest BCUT2D eigenvalue weighted by Crippen LogP contribution is 2.28. The lowest BCUT2D eigenvalue weighted by Crippen LogP contribution is -2.54. The van der Waals surface area contributed by atoms with E-state index in [1.165, 1.54) is 0 Å². The quantitative estimate of drug-likeness (QED) is 0.192. The Balaban J connectivity index is 1.41. The number of carbonyl (C=O) groups is 1. The van der Waals surface area contributed by atoms with Gasteiger partial charge >= 0.3 is 6.03 Å². The normalized spacial score (nSPS) is 15.8. The summed E-state index contributed by atoms with van der Waals surface area (Å²) in [5.74, 6) is 0.456. The molecule has 1 unspecified atom stereocenters. The summed E-state index contributed by atoms with van der Waals surface area (Å²) >= 11 is 5.99. The van der Waals surface area contributed by atoms with Gasteiger partial charge in [-0.05, 0) is 41.3 Å². The zero-order chi connectivity index (χ0) is 25.6. The zero-order valence-corrected chi connectivity index (χ0v) is 20.8. The molecule has 8 heteroatoms. The Kier molecular flexibility index (Phi) is 7.20. The first-order chi connectivity index (χ1) is 18.1. The van der Waals surface area contributed by atoms with E-state index in [4.69, 9.17) is 11.6 Å². The van der Waals surface area contributed by atoms with Crippen molar-refractivity contribution in [3.8, 4) is 6.19 Å². The molecule has 2 amide bonds. The first kappa shape index (κ1) is 24.2. The molecule has 7 nitrogen and oxygen atoms in total. The lowest BCUT2D eigenvalue weighted by atomic mass is 10.0. The number of benzene rings is 4. The molecule has 1 aliphatic rings. The van der Waals surface area contributed by atoms with Gasteiger partial charge in [0.15, 0.2) is 0 Å². The van der Waals surface area contributed by atoms with Crippen LogP contribution in [0.1, 0.15) is 11.6 Å². The molecule has 1 saturated heterocycles. The van der Waals surface area contributed by atoms with Crippen molar-refractivity contribution in [2.75, 3.05) is 30.3 Å². The number of guanidine groups is 1. The summed E-state index contributed by atoms with van der Waals surface area (Å²) < 4.78 is 0. The maximum atomic E-state index is 13.3. The number of hydrogen-bond donors (Lipinski definition) is 2. The molecule has 0 radical (unpaired) electrons. The number of anilines is 2. The van der Waals surface area contributed by atoms with E-state index in [1.54, 1.807) is 24.3 Å². The minimum absolute atomic E-state index is 0.198. The van der Waals surface area contributed by atoms with Crippen LogP contribution in [0.25, 0.3) is 10.8 Å². The van der Waals surface area contributed by atoms with Gasteiger partial charge in [0.1, 0.15) is 0 Å². The number of carbonyl (C=O) groups excluding carboxylic acids is 1. The van der Waals surface area contributed by atoms with Crippen LogP contribution in [-0.2, 0) is 0 Å². The molecule has 0 spiro atoms. The topological polar surface area (TPSA) is 83.8 Å². The molecule has 0 saturated carbocycles. The van der Waals surface area contributed by atoms with Gasteiger partial charge in [-0.2, -0.15) is 5.26 Å². The summed E-state index contributed by atoms with van der Waals surface area (Å²) in [7, 11) is 0. The van der Waals surface area contributed by atoms with Crippen LogP contribution in [0.4, 0.5) is 16.2 Å². The summed E-state index contributed by atoms with van der Waals surface area (Å²) in [6.07, 6.45) is 1.94. The van der Waals surface area contributed by atoms with Crippen LogP contribution in [-0.4, -0.2) is 41.4 Å². The van der Waals surface area contributed by atoms with Crippen LogP contribution in [0.3, 0.4) is 0 Å². The average molecular weight is 509 g/mol. The number of urea groups is 1. The SMILES string of the molecule is N#C/N=C(\Nc1cccc2ccccc12)N1CCN(C(=O)Nc2ccc(Cl)cc2)C(c2ccccc2)C1. The highest BCUT2D eigenvalue weighted by molar-refractivity contribution is 6.30. The Labute approximate surface area is 220 Å². The van der Waals surface area contributed by atoms with E-state index in [0.29, 0.717) is 36.3 Å². The first-order valence-corrected chi connectivity index (χ1v) is 12.3. The molecular formula is C29H25ClN6O. The third-order valence-corrected chi connectivity index (χ3v) is 6.66. The van der Waals surface area contributed by atoms with Gasteiger partial charge in [0.25, 0.3) is 0 Å². The Bertz CT molecular complexity index is 1460. The fraction of sp³-hybridized carbons (Fsp3) is 0.138. The summed E-state index contributed by atoms with van der Waals surface area (Å²) in [5, 5.41) is 18.6. The number of nitriles is 1. The number of nitrogens with zero attached hydrogens (tertiary/aromatic N) is 4. The van der Waals surface area contributed by atoms with Gasteiger partial charge in [0.2, 0.25) is 12.2 Å². The Hall–Kier alpha value is -4.54. The molecule has 0 bridgehead atoms. The van der Waals surface area contributed by atoms with Crippen LogP contribution in [0.15, 0.2) is 102 Å². The molecule has 4 aromatic carbocycles. The van der Waals surface area contributed by atoms with E-state index >= 15 is 0 Å². The summed E-state index contributed by atoms with van der Waals surface area (Å²) in [5.41, 5.74) is 2.54. The lowest BCUT2D eigenvalue weighted by molar-refractivity contribution is 0.136. The van der Waals surface area contributed by atoms with Gasteiger partial charge in [-0.3, -0.25) is 0 Å². The van der Waals surface area contributed by atoms with E-state index in [9.17, 15) is 10.1 Å². The van der Waals surface area contributed by atoms with Crippen LogP contribution < -0.4 is 10.6 Å². The van der Waals surface area contributed by atoms with E-state index in [1.807, 2.05) is 88.8 Å². The Morgan fingerprint density at radius 2 is 1.62 bits per heavy atom. The molecule has 37 heavy (non-hydrogen) atoms. The third kappa shape index (κ3) is 5.50. The smallest absolute Gasteiger partial charge is 0.322 e. The molecule has 184 valence electrons. The van der Waals surface area contributed by atoms with Gasteiger partial charge in [-0.15, -0.1) is 4.99 Å². The van der Waals surface area contributed by atoms with E-state index in [2.05, 4.69) is 15.6 Å². The molecule has 1 heterocycles. The molecule has 5 rings (SSSR count). The van der Waals surface area contributed by atoms with Gasteiger partial charge in [-0.1, -0.05) is 78.3 Å². The number of rotatable bonds is 3. The molecule has 2 N–H and O–H groups in total. The van der Waals surface area contributed by atoms with Crippen molar-refractivity contribution >= 4 is 45.7 Å². The summed E-state index contributed by atoms with van der Waals surface area (Å²) in [4.78, 5) is 21.3. The Morgan fingerprint density at radius 3 is 2.41 bits per heavy atom. The number of hydrogen-bond acceptors (Lipinski definition) is 3. The fourth-order valence-electron chi connectivity index (χ4n) is 4.59. The van der Waals surface area contributed by atoms with Crippen LogP contribution in [0.5, 0.6) is 0 Å². The van der Waals surface area contributed by atoms with Crippen molar-refractivity contribution < 1.29 is 4.79 Å². The average Bonchev–Trinajstić information content (AvgIpc) is 2.94. The minimum Gasteiger partial charge on any atom is -0.338 e. The molecule has 4 aromatic rings. The van der Waals surface area contributed by atoms with Gasteiger partial charge in [0.05, 0.1) is 6.04 Å². The largest absolute Gasteiger partial charge is 0.338 e. The zero-order valence-electron chi connectivity index (χ0n) is 20.0. The van der Waals surface area contributed by atoms with Gasteiger partial charge in [-0.25, -0.2) is 4.79 Å². The highest BCUT2D eigenvalue weighted by atomic mass is 35.5. The van der Waals surface area contributed by atoms with Crippen LogP contribution >= 0.6 is 11.6 Å². The Morgan fingerprint density at radius 1 is 0.892 bits per heavy atom. The number of amides is 2. The summed E-state index contributed by atoms with van der Waals surface area (Å²) in [6, 6.07) is 30.5. The minimum atomic E-state index is -0.250. The predicted octanol–water partition coefficient (Wildman–Crippen LogP) is 6.33. The monoisotopic (exact) mass is 508 g/mol. The number of piperazine rings is 1. The van der Waals surface area contributed by atoms with E-state index in [0.717, 1.165) is 22.0 Å². The second-order valence-corrected chi connectivity index (χ2v) is 9.13. The van der Waals surface area contributed by atoms with Crippen LogP contribution in [0, 0.1) is 11.5 Å². The number of halogens is 1. The maximum Gasteiger partial charge on any atom is 0.322 e. The van der Waals surface area contributed by atoms with Crippen molar-refractivity contribution in [2.24, 2.45) is 4.99 Å². The lowest BCUT2D eigenvalue weighted by Gasteiger charge is -2.42. The third-order valence-electron chi connectivity index (χ3n) is 6.41. The molecule has 1 aliphatic heterocycles. The van der Waals surface area contributed by atoms with Crippen molar-refractivity contribution in [3.63, 3.8) is 0 Å². The molecule has 1 fully saturated rings. The molecule has 0 aromatic heterocycles. The second kappa shape index (κ2) is 11.0. The van der Waals surface area contributed by atoms with Crippen molar-refractivity contribution in [1.82, 2.24) is 9.80 Å². The van der Waals surface area contributed by atoms with Crippen LogP contribution in [0.2, 0.25) is 5.02 Å². The van der Waals surface area contributed by atoms with Crippen molar-refractivity contribution in [2.45, 2.75) is 6.04 Å². The molecular weight excluding hydrogens is 484 g/mol.